The number of hydrogen-bond acceptors (Lipinski definition) is 4. The fourth-order valence-electron chi connectivity index (χ4n) is 2.19. The predicted molar refractivity (Wildman–Crippen MR) is 84.3 cm³/mol. The first-order valence-electron chi connectivity index (χ1n) is 6.58. The summed E-state index contributed by atoms with van der Waals surface area (Å²) in [7, 11) is 0. The second kappa shape index (κ2) is 5.67. The van der Waals surface area contributed by atoms with Crippen molar-refractivity contribution in [2.75, 3.05) is 12.3 Å². The molecule has 0 spiro atoms. The van der Waals surface area contributed by atoms with E-state index in [1.54, 1.807) is 6.92 Å². The van der Waals surface area contributed by atoms with Crippen LogP contribution >= 0.6 is 11.3 Å². The zero-order valence-electron chi connectivity index (χ0n) is 12.2. The summed E-state index contributed by atoms with van der Waals surface area (Å²) in [6.07, 6.45) is 0. The number of thiophene rings is 1. The van der Waals surface area contributed by atoms with E-state index >= 15 is 0 Å². The highest BCUT2D eigenvalue weighted by Crippen LogP contribution is 2.35. The van der Waals surface area contributed by atoms with Gasteiger partial charge in [-0.3, -0.25) is 0 Å². The quantitative estimate of drug-likeness (QED) is 0.865. The Bertz CT molecular complexity index is 635. The minimum absolute atomic E-state index is 0.347. The molecule has 0 saturated heterocycles. The topological polar surface area (TPSA) is 52.3 Å². The maximum Gasteiger partial charge on any atom is 0.341 e. The molecule has 0 atom stereocenters. The summed E-state index contributed by atoms with van der Waals surface area (Å²) in [6.45, 7) is 8.39. The summed E-state index contributed by atoms with van der Waals surface area (Å²) in [5, 5.41) is 2.43. The van der Waals surface area contributed by atoms with E-state index in [9.17, 15) is 4.79 Å². The normalized spacial score (nSPS) is 10.6. The average molecular weight is 289 g/mol. The highest BCUT2D eigenvalue weighted by molar-refractivity contribution is 7.14. The molecule has 1 aromatic carbocycles. The molecule has 1 heterocycles. The summed E-state index contributed by atoms with van der Waals surface area (Å²) in [6, 6.07) is 4.18. The summed E-state index contributed by atoms with van der Waals surface area (Å²) < 4.78 is 5.10. The summed E-state index contributed by atoms with van der Waals surface area (Å²) in [5.41, 5.74) is 12.0. The Kier molecular flexibility index (Phi) is 4.14. The van der Waals surface area contributed by atoms with Crippen LogP contribution in [-0.4, -0.2) is 12.6 Å². The van der Waals surface area contributed by atoms with Crippen LogP contribution < -0.4 is 5.73 Å². The van der Waals surface area contributed by atoms with E-state index in [1.807, 2.05) is 5.38 Å². The molecule has 4 heteroatoms. The van der Waals surface area contributed by atoms with E-state index in [0.29, 0.717) is 17.2 Å². The molecule has 0 fully saturated rings. The highest BCUT2D eigenvalue weighted by atomic mass is 32.1. The smallest absolute Gasteiger partial charge is 0.341 e. The molecule has 0 saturated carbocycles. The molecule has 1 aromatic heterocycles. The molecule has 0 amide bonds. The largest absolute Gasteiger partial charge is 0.462 e. The van der Waals surface area contributed by atoms with Crippen molar-refractivity contribution in [3.63, 3.8) is 0 Å². The Hall–Kier alpha value is -1.81. The number of nitrogens with two attached hydrogens (primary N) is 1. The van der Waals surface area contributed by atoms with E-state index in [-0.39, 0.29) is 5.97 Å². The second-order valence-electron chi connectivity index (χ2n) is 4.84. The van der Waals surface area contributed by atoms with Crippen LogP contribution in [0.3, 0.4) is 0 Å². The number of aryl methyl sites for hydroxylation is 2. The van der Waals surface area contributed by atoms with Gasteiger partial charge in [-0.15, -0.1) is 11.3 Å². The van der Waals surface area contributed by atoms with Gasteiger partial charge in [-0.1, -0.05) is 12.1 Å². The van der Waals surface area contributed by atoms with Crippen molar-refractivity contribution in [3.8, 4) is 11.1 Å². The van der Waals surface area contributed by atoms with Crippen molar-refractivity contribution < 1.29 is 9.53 Å². The molecule has 0 aliphatic heterocycles. The number of carbonyl (C=O) groups excluding carboxylic acids is 1. The number of hydrogen-bond donors (Lipinski definition) is 1. The van der Waals surface area contributed by atoms with Crippen LogP contribution in [0.2, 0.25) is 0 Å². The number of ether oxygens (including phenoxy) is 1. The number of anilines is 1. The van der Waals surface area contributed by atoms with Gasteiger partial charge in [0.1, 0.15) is 10.6 Å². The van der Waals surface area contributed by atoms with Gasteiger partial charge in [0, 0.05) is 10.9 Å². The lowest BCUT2D eigenvalue weighted by atomic mass is 9.96. The predicted octanol–water partition coefficient (Wildman–Crippen LogP) is 4.10. The van der Waals surface area contributed by atoms with Crippen LogP contribution in [0, 0.1) is 20.8 Å². The molecule has 2 rings (SSSR count). The van der Waals surface area contributed by atoms with Crippen molar-refractivity contribution in [1.82, 2.24) is 0 Å². The molecule has 0 bridgehead atoms. The van der Waals surface area contributed by atoms with Gasteiger partial charge in [0.05, 0.1) is 6.61 Å². The summed E-state index contributed by atoms with van der Waals surface area (Å²) in [5.74, 6) is -0.350. The van der Waals surface area contributed by atoms with Gasteiger partial charge in [0.2, 0.25) is 0 Å². The molecular weight excluding hydrogens is 270 g/mol. The van der Waals surface area contributed by atoms with Crippen LogP contribution in [-0.2, 0) is 4.74 Å². The lowest BCUT2D eigenvalue weighted by Crippen LogP contribution is -2.07. The number of esters is 1. The monoisotopic (exact) mass is 289 g/mol. The van der Waals surface area contributed by atoms with Crippen molar-refractivity contribution in [2.45, 2.75) is 27.7 Å². The number of rotatable bonds is 3. The van der Waals surface area contributed by atoms with Crippen LogP contribution in [0.5, 0.6) is 0 Å². The maximum atomic E-state index is 12.1. The Morgan fingerprint density at radius 2 is 1.85 bits per heavy atom. The highest BCUT2D eigenvalue weighted by Gasteiger charge is 2.20. The minimum Gasteiger partial charge on any atom is -0.462 e. The van der Waals surface area contributed by atoms with Gasteiger partial charge in [-0.05, 0) is 49.9 Å². The molecule has 0 radical (unpaired) electrons. The molecule has 0 aliphatic carbocycles. The zero-order chi connectivity index (χ0) is 14.9. The van der Waals surface area contributed by atoms with Gasteiger partial charge >= 0.3 is 5.97 Å². The Balaban J connectivity index is 2.57. The van der Waals surface area contributed by atoms with Crippen LogP contribution in [0.1, 0.15) is 34.0 Å². The number of nitrogen functional groups attached to an aromatic ring is 1. The van der Waals surface area contributed by atoms with Crippen LogP contribution in [0.4, 0.5) is 5.00 Å². The van der Waals surface area contributed by atoms with Crippen molar-refractivity contribution in [3.05, 3.63) is 39.8 Å². The van der Waals surface area contributed by atoms with E-state index in [1.165, 1.54) is 28.0 Å². The third-order valence-electron chi connectivity index (χ3n) is 3.54. The van der Waals surface area contributed by atoms with Crippen LogP contribution in [0.15, 0.2) is 17.5 Å². The van der Waals surface area contributed by atoms with E-state index < -0.39 is 0 Å². The molecule has 3 nitrogen and oxygen atoms in total. The third-order valence-corrected chi connectivity index (χ3v) is 4.35. The van der Waals surface area contributed by atoms with E-state index in [2.05, 4.69) is 32.9 Å². The van der Waals surface area contributed by atoms with Crippen LogP contribution in [0.25, 0.3) is 11.1 Å². The molecule has 0 aliphatic rings. The fourth-order valence-corrected chi connectivity index (χ4v) is 3.00. The number of benzene rings is 1. The fraction of sp³-hybridized carbons (Fsp3) is 0.312. The average Bonchev–Trinajstić information content (AvgIpc) is 2.77. The first-order chi connectivity index (χ1) is 9.45. The molecule has 20 heavy (non-hydrogen) atoms. The summed E-state index contributed by atoms with van der Waals surface area (Å²) in [4.78, 5) is 12.1. The van der Waals surface area contributed by atoms with Crippen molar-refractivity contribution >= 4 is 22.3 Å². The second-order valence-corrected chi connectivity index (χ2v) is 5.76. The van der Waals surface area contributed by atoms with Gasteiger partial charge in [-0.25, -0.2) is 4.79 Å². The molecule has 106 valence electrons. The summed E-state index contributed by atoms with van der Waals surface area (Å²) >= 11 is 1.37. The van der Waals surface area contributed by atoms with Gasteiger partial charge in [0.15, 0.2) is 0 Å². The SMILES string of the molecule is CCOC(=O)c1c(-c2cc(C)c(C)c(C)c2)csc1N. The van der Waals surface area contributed by atoms with Gasteiger partial charge < -0.3 is 10.5 Å². The Morgan fingerprint density at radius 3 is 2.40 bits per heavy atom. The molecule has 0 unspecified atom stereocenters. The van der Waals surface area contributed by atoms with Gasteiger partial charge in [0.25, 0.3) is 0 Å². The van der Waals surface area contributed by atoms with Crippen molar-refractivity contribution in [2.24, 2.45) is 0 Å². The van der Waals surface area contributed by atoms with E-state index in [4.69, 9.17) is 10.5 Å². The zero-order valence-corrected chi connectivity index (χ0v) is 13.1. The standard InChI is InChI=1S/C16H19NO2S/c1-5-19-16(18)14-13(8-20-15(14)17)12-6-9(2)11(4)10(3)7-12/h6-8H,5,17H2,1-4H3. The Morgan fingerprint density at radius 1 is 1.25 bits per heavy atom. The first-order valence-corrected chi connectivity index (χ1v) is 7.46. The molecular formula is C16H19NO2S. The molecule has 2 N–H and O–H groups in total. The maximum absolute atomic E-state index is 12.1. The third kappa shape index (κ3) is 2.56. The lowest BCUT2D eigenvalue weighted by molar-refractivity contribution is 0.0529. The van der Waals surface area contributed by atoms with E-state index in [0.717, 1.165) is 11.1 Å². The van der Waals surface area contributed by atoms with Crippen molar-refractivity contribution in [1.29, 1.82) is 0 Å². The molecule has 2 aromatic rings. The number of carbonyl (C=O) groups is 1. The minimum atomic E-state index is -0.350. The lowest BCUT2D eigenvalue weighted by Gasteiger charge is -2.10. The van der Waals surface area contributed by atoms with Gasteiger partial charge in [-0.2, -0.15) is 0 Å². The Labute approximate surface area is 123 Å². The first kappa shape index (κ1) is 14.6.